The minimum absolute atomic E-state index is 0.568. The van der Waals surface area contributed by atoms with Gasteiger partial charge in [0.25, 0.3) is 0 Å². The third-order valence-electron chi connectivity index (χ3n) is 3.74. The first kappa shape index (κ1) is 11.4. The van der Waals surface area contributed by atoms with Gasteiger partial charge in [0.1, 0.15) is 0 Å². The molecule has 0 spiro atoms. The van der Waals surface area contributed by atoms with Crippen LogP contribution < -0.4 is 5.32 Å². The lowest BCUT2D eigenvalue weighted by atomic mass is 9.93. The van der Waals surface area contributed by atoms with Crippen molar-refractivity contribution in [1.29, 1.82) is 0 Å². The van der Waals surface area contributed by atoms with E-state index in [9.17, 15) is 0 Å². The predicted octanol–water partition coefficient (Wildman–Crippen LogP) is 2.72. The summed E-state index contributed by atoms with van der Waals surface area (Å²) >= 11 is 0. The van der Waals surface area contributed by atoms with Crippen LogP contribution in [0.3, 0.4) is 0 Å². The maximum atomic E-state index is 5.93. The second-order valence-corrected chi connectivity index (χ2v) is 5.13. The molecule has 0 aromatic rings. The highest BCUT2D eigenvalue weighted by atomic mass is 16.5. The summed E-state index contributed by atoms with van der Waals surface area (Å²) in [6, 6.07) is 0.762. The summed E-state index contributed by atoms with van der Waals surface area (Å²) in [7, 11) is 0. The monoisotopic (exact) mass is 211 g/mol. The fourth-order valence-electron chi connectivity index (χ4n) is 2.53. The first-order valence-electron chi connectivity index (χ1n) is 6.73. The molecule has 2 nitrogen and oxygen atoms in total. The van der Waals surface area contributed by atoms with Crippen LogP contribution in [-0.2, 0) is 4.74 Å². The highest BCUT2D eigenvalue weighted by Gasteiger charge is 2.23. The zero-order chi connectivity index (χ0) is 10.5. The molecule has 2 saturated carbocycles. The van der Waals surface area contributed by atoms with Gasteiger partial charge in [0.2, 0.25) is 0 Å². The van der Waals surface area contributed by atoms with E-state index >= 15 is 0 Å². The zero-order valence-electron chi connectivity index (χ0n) is 10.0. The smallest absolute Gasteiger partial charge is 0.0576 e. The normalized spacial score (nSPS) is 31.8. The van der Waals surface area contributed by atoms with Crippen LogP contribution in [0.25, 0.3) is 0 Å². The van der Waals surface area contributed by atoms with E-state index in [4.69, 9.17) is 4.74 Å². The zero-order valence-corrected chi connectivity index (χ0v) is 10.0. The van der Waals surface area contributed by atoms with Crippen molar-refractivity contribution in [2.75, 3.05) is 13.2 Å². The standard InChI is InChI=1S/C13H25NO/c1-2-14-12-5-7-13(8-6-12)15-10-9-11-3-4-11/h11-14H,2-10H2,1H3. The first-order valence-corrected chi connectivity index (χ1v) is 6.73. The maximum absolute atomic E-state index is 5.93. The first-order chi connectivity index (χ1) is 7.38. The molecule has 0 heterocycles. The Hall–Kier alpha value is -0.0800. The van der Waals surface area contributed by atoms with Gasteiger partial charge in [-0.1, -0.05) is 19.8 Å². The maximum Gasteiger partial charge on any atom is 0.0576 e. The lowest BCUT2D eigenvalue weighted by Crippen LogP contribution is -2.35. The Labute approximate surface area is 93.8 Å². The van der Waals surface area contributed by atoms with E-state index in [-0.39, 0.29) is 0 Å². The van der Waals surface area contributed by atoms with Crippen molar-refractivity contribution in [2.24, 2.45) is 5.92 Å². The molecule has 2 aliphatic rings. The summed E-state index contributed by atoms with van der Waals surface area (Å²) in [4.78, 5) is 0. The fraction of sp³-hybridized carbons (Fsp3) is 1.00. The van der Waals surface area contributed by atoms with Gasteiger partial charge in [0, 0.05) is 12.6 Å². The molecule has 0 aliphatic heterocycles. The molecule has 2 fully saturated rings. The van der Waals surface area contributed by atoms with E-state index in [1.54, 1.807) is 0 Å². The van der Waals surface area contributed by atoms with E-state index < -0.39 is 0 Å². The average molecular weight is 211 g/mol. The van der Waals surface area contributed by atoms with Gasteiger partial charge in [-0.2, -0.15) is 0 Å². The molecule has 0 unspecified atom stereocenters. The molecule has 0 bridgehead atoms. The van der Waals surface area contributed by atoms with Gasteiger partial charge in [-0.3, -0.25) is 0 Å². The van der Waals surface area contributed by atoms with Gasteiger partial charge >= 0.3 is 0 Å². The summed E-state index contributed by atoms with van der Waals surface area (Å²) < 4.78 is 5.93. The van der Waals surface area contributed by atoms with E-state index in [1.165, 1.54) is 44.9 Å². The van der Waals surface area contributed by atoms with Crippen molar-refractivity contribution in [3.05, 3.63) is 0 Å². The van der Waals surface area contributed by atoms with Crippen LogP contribution in [0.1, 0.15) is 51.9 Å². The molecule has 0 aromatic carbocycles. The third kappa shape index (κ3) is 4.12. The summed E-state index contributed by atoms with van der Waals surface area (Å²) in [6.07, 6.45) is 9.94. The molecule has 2 rings (SSSR count). The summed E-state index contributed by atoms with van der Waals surface area (Å²) in [5.41, 5.74) is 0. The Morgan fingerprint density at radius 2 is 1.80 bits per heavy atom. The quantitative estimate of drug-likeness (QED) is 0.729. The van der Waals surface area contributed by atoms with Crippen LogP contribution in [0.15, 0.2) is 0 Å². The topological polar surface area (TPSA) is 21.3 Å². The van der Waals surface area contributed by atoms with Crippen LogP contribution in [-0.4, -0.2) is 25.3 Å². The van der Waals surface area contributed by atoms with Crippen molar-refractivity contribution in [2.45, 2.75) is 64.0 Å². The van der Waals surface area contributed by atoms with Gasteiger partial charge in [-0.15, -0.1) is 0 Å². The number of rotatable bonds is 6. The molecule has 0 amide bonds. The SMILES string of the molecule is CCNC1CCC(OCCC2CC2)CC1. The van der Waals surface area contributed by atoms with Gasteiger partial charge in [-0.05, 0) is 44.6 Å². The van der Waals surface area contributed by atoms with Crippen LogP contribution in [0.4, 0.5) is 0 Å². The third-order valence-corrected chi connectivity index (χ3v) is 3.74. The second kappa shape index (κ2) is 5.86. The highest BCUT2D eigenvalue weighted by Crippen LogP contribution is 2.32. The fourth-order valence-corrected chi connectivity index (χ4v) is 2.53. The van der Waals surface area contributed by atoms with Gasteiger partial charge < -0.3 is 10.1 Å². The van der Waals surface area contributed by atoms with Gasteiger partial charge in [0.05, 0.1) is 6.10 Å². The number of ether oxygens (including phenoxy) is 1. The Balaban J connectivity index is 1.52. The van der Waals surface area contributed by atoms with E-state index in [0.717, 1.165) is 25.1 Å². The largest absolute Gasteiger partial charge is 0.378 e. The van der Waals surface area contributed by atoms with Crippen LogP contribution in [0.5, 0.6) is 0 Å². The summed E-state index contributed by atoms with van der Waals surface area (Å²) in [5.74, 6) is 1.02. The molecule has 88 valence electrons. The molecular weight excluding hydrogens is 186 g/mol. The molecule has 0 aromatic heterocycles. The van der Waals surface area contributed by atoms with Gasteiger partial charge in [-0.25, -0.2) is 0 Å². The van der Waals surface area contributed by atoms with Crippen LogP contribution >= 0.6 is 0 Å². The second-order valence-electron chi connectivity index (χ2n) is 5.13. The molecular formula is C13H25NO. The molecule has 15 heavy (non-hydrogen) atoms. The lowest BCUT2D eigenvalue weighted by Gasteiger charge is -2.29. The number of hydrogen-bond acceptors (Lipinski definition) is 2. The highest BCUT2D eigenvalue weighted by molar-refractivity contribution is 4.78. The Morgan fingerprint density at radius 3 is 2.40 bits per heavy atom. The summed E-state index contributed by atoms with van der Waals surface area (Å²) in [6.45, 7) is 4.32. The van der Waals surface area contributed by atoms with Crippen molar-refractivity contribution in [1.82, 2.24) is 5.32 Å². The summed E-state index contributed by atoms with van der Waals surface area (Å²) in [5, 5.41) is 3.53. The minimum Gasteiger partial charge on any atom is -0.378 e. The van der Waals surface area contributed by atoms with Crippen molar-refractivity contribution in [3.63, 3.8) is 0 Å². The predicted molar refractivity (Wildman–Crippen MR) is 63.0 cm³/mol. The van der Waals surface area contributed by atoms with Crippen molar-refractivity contribution < 1.29 is 4.74 Å². The Bertz CT molecular complexity index is 171. The number of nitrogens with one attached hydrogen (secondary N) is 1. The minimum atomic E-state index is 0.568. The Morgan fingerprint density at radius 1 is 1.07 bits per heavy atom. The molecule has 0 atom stereocenters. The number of hydrogen-bond donors (Lipinski definition) is 1. The van der Waals surface area contributed by atoms with Crippen molar-refractivity contribution in [3.8, 4) is 0 Å². The van der Waals surface area contributed by atoms with E-state index in [2.05, 4.69) is 12.2 Å². The lowest BCUT2D eigenvalue weighted by molar-refractivity contribution is 0.0196. The average Bonchev–Trinajstić information content (AvgIpc) is 3.05. The molecule has 2 heteroatoms. The van der Waals surface area contributed by atoms with Crippen LogP contribution in [0.2, 0.25) is 0 Å². The van der Waals surface area contributed by atoms with E-state index in [0.29, 0.717) is 6.10 Å². The molecule has 2 aliphatic carbocycles. The van der Waals surface area contributed by atoms with Gasteiger partial charge in [0.15, 0.2) is 0 Å². The molecule has 0 radical (unpaired) electrons. The molecule has 0 saturated heterocycles. The van der Waals surface area contributed by atoms with E-state index in [1.807, 2.05) is 0 Å². The van der Waals surface area contributed by atoms with Crippen molar-refractivity contribution >= 4 is 0 Å². The molecule has 1 N–H and O–H groups in total. The Kier molecular flexibility index (Phi) is 4.45. The van der Waals surface area contributed by atoms with Crippen LogP contribution in [0, 0.1) is 5.92 Å².